The summed E-state index contributed by atoms with van der Waals surface area (Å²) in [6.07, 6.45) is 4.05. The number of nitrogens with zero attached hydrogens (tertiary/aromatic N) is 3. The molecular formula is C8H17N3Si. The highest BCUT2D eigenvalue weighted by Crippen LogP contribution is 2.11. The van der Waals surface area contributed by atoms with Crippen LogP contribution in [0.25, 0.3) is 0 Å². The zero-order valence-electron chi connectivity index (χ0n) is 8.50. The van der Waals surface area contributed by atoms with Crippen molar-refractivity contribution < 1.29 is 0 Å². The lowest BCUT2D eigenvalue weighted by Crippen LogP contribution is -2.30. The van der Waals surface area contributed by atoms with Gasteiger partial charge in [-0.1, -0.05) is 19.6 Å². The average Bonchev–Trinajstić information content (AvgIpc) is 2.30. The van der Waals surface area contributed by atoms with Crippen LogP contribution in [0.4, 0.5) is 5.82 Å². The van der Waals surface area contributed by atoms with Gasteiger partial charge in [-0.3, -0.25) is 0 Å². The Bertz CT molecular complexity index is 260. The van der Waals surface area contributed by atoms with Gasteiger partial charge in [-0.05, 0) is 0 Å². The van der Waals surface area contributed by atoms with Crippen LogP contribution in [0.3, 0.4) is 0 Å². The molecule has 0 aromatic carbocycles. The second-order valence-electron chi connectivity index (χ2n) is 4.20. The molecule has 0 bridgehead atoms. The smallest absolute Gasteiger partial charge is 0.154 e. The Morgan fingerprint density at radius 1 is 1.33 bits per heavy atom. The Morgan fingerprint density at radius 2 is 1.92 bits per heavy atom. The summed E-state index contributed by atoms with van der Waals surface area (Å²) in [6.45, 7) is 6.90. The van der Waals surface area contributed by atoms with Crippen molar-refractivity contribution in [3.05, 3.63) is 12.5 Å². The van der Waals surface area contributed by atoms with Crippen molar-refractivity contribution >= 4 is 14.1 Å². The summed E-state index contributed by atoms with van der Waals surface area (Å²) in [5, 5.41) is 0. The lowest BCUT2D eigenvalue weighted by Gasteiger charge is -2.17. The van der Waals surface area contributed by atoms with E-state index in [-0.39, 0.29) is 0 Å². The van der Waals surface area contributed by atoms with E-state index >= 15 is 0 Å². The lowest BCUT2D eigenvalue weighted by molar-refractivity contribution is 1.09. The molecule has 0 saturated carbocycles. The zero-order chi connectivity index (χ0) is 9.35. The highest BCUT2D eigenvalue weighted by molar-refractivity contribution is 6.74. The quantitative estimate of drug-likeness (QED) is 0.650. The molecule has 0 aliphatic rings. The fourth-order valence-corrected chi connectivity index (χ4v) is 1.82. The van der Waals surface area contributed by atoms with Gasteiger partial charge in [0.15, 0.2) is 8.24 Å². The molecule has 1 aromatic heterocycles. The first kappa shape index (κ1) is 9.32. The van der Waals surface area contributed by atoms with E-state index in [1.807, 2.05) is 25.3 Å². The van der Waals surface area contributed by atoms with Crippen LogP contribution in [-0.4, -0.2) is 31.5 Å². The van der Waals surface area contributed by atoms with Crippen molar-refractivity contribution in [2.24, 2.45) is 0 Å². The van der Waals surface area contributed by atoms with Crippen molar-refractivity contribution in [2.75, 3.05) is 19.0 Å². The zero-order valence-corrected chi connectivity index (χ0v) is 9.50. The number of rotatable bonds is 2. The fourth-order valence-electron chi connectivity index (χ4n) is 0.910. The van der Waals surface area contributed by atoms with Gasteiger partial charge in [-0.15, -0.1) is 0 Å². The summed E-state index contributed by atoms with van der Waals surface area (Å²) < 4.78 is 2.25. The first-order valence-corrected chi connectivity index (χ1v) is 7.58. The summed E-state index contributed by atoms with van der Waals surface area (Å²) in [4.78, 5) is 6.33. The SMILES string of the molecule is CN(C)c1cn([Si](C)(C)C)cn1. The van der Waals surface area contributed by atoms with E-state index < -0.39 is 8.24 Å². The lowest BCUT2D eigenvalue weighted by atomic mass is 10.7. The molecule has 12 heavy (non-hydrogen) atoms. The fraction of sp³-hybridized carbons (Fsp3) is 0.625. The Morgan fingerprint density at radius 3 is 2.17 bits per heavy atom. The standard InChI is InChI=1S/C8H17N3Si/c1-10(2)8-6-11(7-9-8)12(3,4)5/h6-7H,1-5H3. The first-order chi connectivity index (χ1) is 5.41. The van der Waals surface area contributed by atoms with Crippen LogP contribution < -0.4 is 4.90 Å². The van der Waals surface area contributed by atoms with E-state index in [4.69, 9.17) is 0 Å². The van der Waals surface area contributed by atoms with Crippen molar-refractivity contribution in [3.63, 3.8) is 0 Å². The molecule has 0 saturated heterocycles. The minimum atomic E-state index is -1.23. The maximum atomic E-state index is 4.31. The third kappa shape index (κ3) is 1.88. The number of hydrogen-bond donors (Lipinski definition) is 0. The molecule has 3 nitrogen and oxygen atoms in total. The minimum Gasteiger partial charge on any atom is -0.363 e. The molecule has 0 atom stereocenters. The molecule has 1 heterocycles. The minimum absolute atomic E-state index is 1.04. The predicted molar refractivity (Wildman–Crippen MR) is 55.3 cm³/mol. The Hall–Kier alpha value is -0.773. The third-order valence-corrected chi connectivity index (χ3v) is 3.60. The van der Waals surface area contributed by atoms with E-state index in [1.165, 1.54) is 0 Å². The van der Waals surface area contributed by atoms with E-state index in [2.05, 4.69) is 35.1 Å². The Balaban J connectivity index is 2.92. The summed E-state index contributed by atoms with van der Waals surface area (Å²) in [5.41, 5.74) is 0. The van der Waals surface area contributed by atoms with Gasteiger partial charge in [-0.2, -0.15) is 0 Å². The van der Waals surface area contributed by atoms with Gasteiger partial charge in [-0.25, -0.2) is 4.98 Å². The molecule has 68 valence electrons. The van der Waals surface area contributed by atoms with Gasteiger partial charge in [0.2, 0.25) is 0 Å². The van der Waals surface area contributed by atoms with E-state index in [9.17, 15) is 0 Å². The normalized spacial score (nSPS) is 11.8. The van der Waals surface area contributed by atoms with Gasteiger partial charge < -0.3 is 9.13 Å². The Labute approximate surface area is 75.1 Å². The first-order valence-electron chi connectivity index (χ1n) is 4.13. The largest absolute Gasteiger partial charge is 0.363 e. The van der Waals surface area contributed by atoms with Crippen LogP contribution in [0.5, 0.6) is 0 Å². The molecule has 1 aromatic rings. The van der Waals surface area contributed by atoms with Gasteiger partial charge in [0.05, 0.1) is 6.33 Å². The molecule has 0 spiro atoms. The Kier molecular flexibility index (Phi) is 2.28. The highest BCUT2D eigenvalue weighted by atomic mass is 28.3. The van der Waals surface area contributed by atoms with Crippen molar-refractivity contribution in [3.8, 4) is 0 Å². The average molecular weight is 183 g/mol. The second kappa shape index (κ2) is 2.93. The summed E-state index contributed by atoms with van der Waals surface area (Å²) in [7, 11) is 2.79. The van der Waals surface area contributed by atoms with Gasteiger partial charge >= 0.3 is 0 Å². The molecule has 0 aliphatic heterocycles. The molecule has 0 aliphatic carbocycles. The molecule has 0 amide bonds. The van der Waals surface area contributed by atoms with Crippen molar-refractivity contribution in [1.82, 2.24) is 9.22 Å². The summed E-state index contributed by atoms with van der Waals surface area (Å²) in [5.74, 6) is 1.04. The molecule has 0 N–H and O–H groups in total. The van der Waals surface area contributed by atoms with Crippen LogP contribution in [-0.2, 0) is 0 Å². The van der Waals surface area contributed by atoms with Crippen molar-refractivity contribution in [1.29, 1.82) is 0 Å². The summed E-state index contributed by atoms with van der Waals surface area (Å²) in [6, 6.07) is 0. The van der Waals surface area contributed by atoms with Crippen LogP contribution in [0.15, 0.2) is 12.5 Å². The van der Waals surface area contributed by atoms with Crippen molar-refractivity contribution in [2.45, 2.75) is 19.6 Å². The van der Waals surface area contributed by atoms with Crippen LogP contribution >= 0.6 is 0 Å². The van der Waals surface area contributed by atoms with Gasteiger partial charge in [0.1, 0.15) is 5.82 Å². The number of anilines is 1. The molecular weight excluding hydrogens is 166 g/mol. The summed E-state index contributed by atoms with van der Waals surface area (Å²) >= 11 is 0. The van der Waals surface area contributed by atoms with Gasteiger partial charge in [0, 0.05) is 20.3 Å². The van der Waals surface area contributed by atoms with E-state index in [0.29, 0.717) is 0 Å². The van der Waals surface area contributed by atoms with Gasteiger partial charge in [0.25, 0.3) is 0 Å². The molecule has 0 unspecified atom stereocenters. The van der Waals surface area contributed by atoms with Crippen LogP contribution in [0.2, 0.25) is 19.6 Å². The monoisotopic (exact) mass is 183 g/mol. The third-order valence-electron chi connectivity index (χ3n) is 1.80. The van der Waals surface area contributed by atoms with Crippen LogP contribution in [0, 0.1) is 0 Å². The molecule has 1 rings (SSSR count). The maximum absolute atomic E-state index is 4.31. The molecule has 0 radical (unpaired) electrons. The number of imidazole rings is 1. The number of aromatic nitrogens is 2. The molecule has 0 fully saturated rings. The van der Waals surface area contributed by atoms with Crippen LogP contribution in [0.1, 0.15) is 0 Å². The maximum Gasteiger partial charge on any atom is 0.154 e. The molecule has 4 heteroatoms. The van der Waals surface area contributed by atoms with E-state index in [1.54, 1.807) is 0 Å². The predicted octanol–water partition coefficient (Wildman–Crippen LogP) is 1.63. The second-order valence-corrected chi connectivity index (χ2v) is 9.06. The highest BCUT2D eigenvalue weighted by Gasteiger charge is 2.16. The topological polar surface area (TPSA) is 21.1 Å². The van der Waals surface area contributed by atoms with E-state index in [0.717, 1.165) is 5.82 Å². The number of hydrogen-bond acceptors (Lipinski definition) is 2.